The van der Waals surface area contributed by atoms with Gasteiger partial charge < -0.3 is 15.8 Å². The zero-order valence-corrected chi connectivity index (χ0v) is 11.8. The van der Waals surface area contributed by atoms with Gasteiger partial charge in [0.1, 0.15) is 5.82 Å². The van der Waals surface area contributed by atoms with E-state index in [1.54, 1.807) is 0 Å². The number of rotatable bonds is 7. The van der Waals surface area contributed by atoms with E-state index in [2.05, 4.69) is 17.2 Å². The summed E-state index contributed by atoms with van der Waals surface area (Å²) in [6.45, 7) is 3.71. The van der Waals surface area contributed by atoms with Crippen molar-refractivity contribution >= 4 is 11.5 Å². The van der Waals surface area contributed by atoms with Crippen molar-refractivity contribution in [3.05, 3.63) is 12.1 Å². The summed E-state index contributed by atoms with van der Waals surface area (Å²) < 4.78 is 5.53. The number of anilines is 2. The Balaban J connectivity index is 1.81. The molecule has 1 saturated carbocycles. The SMILES string of the molecule is CCCOc1nc(NCCC2CCCC2)ccc1N. The van der Waals surface area contributed by atoms with Gasteiger partial charge in [-0.05, 0) is 30.9 Å². The van der Waals surface area contributed by atoms with Crippen LogP contribution in [0, 0.1) is 5.92 Å². The summed E-state index contributed by atoms with van der Waals surface area (Å²) in [5.74, 6) is 2.31. The third kappa shape index (κ3) is 4.30. The summed E-state index contributed by atoms with van der Waals surface area (Å²) in [6, 6.07) is 3.78. The second-order valence-electron chi connectivity index (χ2n) is 5.31. The molecule has 0 atom stereocenters. The van der Waals surface area contributed by atoms with E-state index in [4.69, 9.17) is 10.5 Å². The fraction of sp³-hybridized carbons (Fsp3) is 0.667. The molecule has 4 nitrogen and oxygen atoms in total. The van der Waals surface area contributed by atoms with E-state index in [0.29, 0.717) is 18.2 Å². The van der Waals surface area contributed by atoms with Crippen molar-refractivity contribution in [2.75, 3.05) is 24.2 Å². The molecule has 0 spiro atoms. The van der Waals surface area contributed by atoms with Gasteiger partial charge in [-0.25, -0.2) is 0 Å². The molecule has 0 radical (unpaired) electrons. The first-order valence-corrected chi connectivity index (χ1v) is 7.42. The third-order valence-corrected chi connectivity index (χ3v) is 3.67. The summed E-state index contributed by atoms with van der Waals surface area (Å²) in [7, 11) is 0. The lowest BCUT2D eigenvalue weighted by atomic mass is 10.0. The molecule has 2 rings (SSSR count). The maximum atomic E-state index is 5.84. The minimum atomic E-state index is 0.549. The van der Waals surface area contributed by atoms with Crippen molar-refractivity contribution in [3.63, 3.8) is 0 Å². The molecular weight excluding hydrogens is 238 g/mol. The maximum absolute atomic E-state index is 5.84. The van der Waals surface area contributed by atoms with Crippen molar-refractivity contribution in [3.8, 4) is 5.88 Å². The number of hydrogen-bond donors (Lipinski definition) is 2. The van der Waals surface area contributed by atoms with E-state index in [1.807, 2.05) is 12.1 Å². The van der Waals surface area contributed by atoms with Gasteiger partial charge in [0.25, 0.3) is 0 Å². The summed E-state index contributed by atoms with van der Waals surface area (Å²) in [5, 5.41) is 3.37. The maximum Gasteiger partial charge on any atom is 0.239 e. The van der Waals surface area contributed by atoms with Gasteiger partial charge in [-0.15, -0.1) is 0 Å². The van der Waals surface area contributed by atoms with Crippen molar-refractivity contribution in [1.82, 2.24) is 4.98 Å². The lowest BCUT2D eigenvalue weighted by Gasteiger charge is -2.12. The third-order valence-electron chi connectivity index (χ3n) is 3.67. The van der Waals surface area contributed by atoms with Gasteiger partial charge in [0.2, 0.25) is 5.88 Å². The summed E-state index contributed by atoms with van der Waals surface area (Å²) in [6.07, 6.45) is 7.78. The second-order valence-corrected chi connectivity index (χ2v) is 5.31. The molecule has 0 aliphatic heterocycles. The molecule has 0 aromatic carbocycles. The van der Waals surface area contributed by atoms with Crippen molar-refractivity contribution in [1.29, 1.82) is 0 Å². The first-order valence-electron chi connectivity index (χ1n) is 7.42. The average molecular weight is 263 g/mol. The fourth-order valence-corrected chi connectivity index (χ4v) is 2.57. The Morgan fingerprint density at radius 2 is 2.16 bits per heavy atom. The smallest absolute Gasteiger partial charge is 0.239 e. The molecule has 19 heavy (non-hydrogen) atoms. The summed E-state index contributed by atoms with van der Waals surface area (Å²) in [5.41, 5.74) is 6.45. The van der Waals surface area contributed by atoms with Crippen LogP contribution < -0.4 is 15.8 Å². The summed E-state index contributed by atoms with van der Waals surface area (Å²) >= 11 is 0. The number of nitrogen functional groups attached to an aromatic ring is 1. The Kier molecular flexibility index (Phi) is 5.31. The molecular formula is C15H25N3O. The van der Waals surface area contributed by atoms with Crippen LogP contribution in [0.5, 0.6) is 5.88 Å². The predicted octanol–water partition coefficient (Wildman–Crippen LogP) is 3.44. The fourth-order valence-electron chi connectivity index (χ4n) is 2.57. The lowest BCUT2D eigenvalue weighted by molar-refractivity contribution is 0.307. The number of ether oxygens (including phenoxy) is 1. The molecule has 0 unspecified atom stereocenters. The van der Waals surface area contributed by atoms with E-state index in [9.17, 15) is 0 Å². The van der Waals surface area contributed by atoms with E-state index in [0.717, 1.165) is 24.7 Å². The molecule has 0 amide bonds. The second kappa shape index (κ2) is 7.22. The Morgan fingerprint density at radius 3 is 2.89 bits per heavy atom. The minimum absolute atomic E-state index is 0.549. The number of nitrogens with two attached hydrogens (primary N) is 1. The van der Waals surface area contributed by atoms with Gasteiger partial charge in [0.05, 0.1) is 12.3 Å². The van der Waals surface area contributed by atoms with Crippen molar-refractivity contribution in [2.45, 2.75) is 45.4 Å². The molecule has 0 saturated heterocycles. The Labute approximate surface area is 115 Å². The average Bonchev–Trinajstić information content (AvgIpc) is 2.92. The number of pyridine rings is 1. The van der Waals surface area contributed by atoms with E-state index < -0.39 is 0 Å². The molecule has 106 valence electrons. The standard InChI is InChI=1S/C15H25N3O/c1-2-11-19-15-13(16)7-8-14(18-15)17-10-9-12-5-3-4-6-12/h7-8,12H,2-6,9-11,16H2,1H3,(H,17,18). The monoisotopic (exact) mass is 263 g/mol. The van der Waals surface area contributed by atoms with Crippen LogP contribution in [0.4, 0.5) is 11.5 Å². The van der Waals surface area contributed by atoms with Crippen LogP contribution in [0.15, 0.2) is 12.1 Å². The van der Waals surface area contributed by atoms with E-state index in [1.165, 1.54) is 32.1 Å². The van der Waals surface area contributed by atoms with Gasteiger partial charge in [0, 0.05) is 6.54 Å². The molecule has 1 aromatic rings. The molecule has 1 fully saturated rings. The Hall–Kier alpha value is -1.45. The highest BCUT2D eigenvalue weighted by Crippen LogP contribution is 2.27. The molecule has 1 aliphatic carbocycles. The van der Waals surface area contributed by atoms with Gasteiger partial charge in [0.15, 0.2) is 0 Å². The van der Waals surface area contributed by atoms with Crippen molar-refractivity contribution in [2.24, 2.45) is 5.92 Å². The first-order chi connectivity index (χ1) is 9.29. The first kappa shape index (κ1) is 14.0. The normalized spacial score (nSPS) is 15.6. The van der Waals surface area contributed by atoms with E-state index >= 15 is 0 Å². The van der Waals surface area contributed by atoms with Crippen molar-refractivity contribution < 1.29 is 4.74 Å². The van der Waals surface area contributed by atoms with Gasteiger partial charge in [-0.2, -0.15) is 4.98 Å². The van der Waals surface area contributed by atoms with Gasteiger partial charge >= 0.3 is 0 Å². The highest BCUT2D eigenvalue weighted by atomic mass is 16.5. The Bertz CT molecular complexity index is 389. The number of nitrogens with one attached hydrogen (secondary N) is 1. The largest absolute Gasteiger partial charge is 0.476 e. The predicted molar refractivity (Wildman–Crippen MR) is 79.5 cm³/mol. The quantitative estimate of drug-likeness (QED) is 0.791. The Morgan fingerprint density at radius 1 is 1.37 bits per heavy atom. The summed E-state index contributed by atoms with van der Waals surface area (Å²) in [4.78, 5) is 4.42. The topological polar surface area (TPSA) is 60.2 Å². The van der Waals surface area contributed by atoms with Crippen LogP contribution in [0.1, 0.15) is 45.4 Å². The molecule has 4 heteroatoms. The molecule has 1 aliphatic rings. The van der Waals surface area contributed by atoms with Crippen LogP contribution in [-0.4, -0.2) is 18.1 Å². The highest BCUT2D eigenvalue weighted by molar-refractivity contribution is 5.53. The number of aromatic nitrogens is 1. The molecule has 0 bridgehead atoms. The van der Waals surface area contributed by atoms with Gasteiger partial charge in [-0.1, -0.05) is 32.6 Å². The molecule has 3 N–H and O–H groups in total. The molecule has 1 aromatic heterocycles. The van der Waals surface area contributed by atoms with E-state index in [-0.39, 0.29) is 0 Å². The van der Waals surface area contributed by atoms with Crippen LogP contribution >= 0.6 is 0 Å². The van der Waals surface area contributed by atoms with Crippen LogP contribution in [0.3, 0.4) is 0 Å². The molecule has 1 heterocycles. The van der Waals surface area contributed by atoms with Gasteiger partial charge in [-0.3, -0.25) is 0 Å². The minimum Gasteiger partial charge on any atom is -0.476 e. The lowest BCUT2D eigenvalue weighted by Crippen LogP contribution is -2.09. The van der Waals surface area contributed by atoms with Crippen LogP contribution in [0.2, 0.25) is 0 Å². The zero-order chi connectivity index (χ0) is 13.5. The van der Waals surface area contributed by atoms with Crippen LogP contribution in [0.25, 0.3) is 0 Å². The van der Waals surface area contributed by atoms with Crippen LogP contribution in [-0.2, 0) is 0 Å². The zero-order valence-electron chi connectivity index (χ0n) is 11.8. The number of nitrogens with zero attached hydrogens (tertiary/aromatic N) is 1. The highest BCUT2D eigenvalue weighted by Gasteiger charge is 2.14. The number of hydrogen-bond acceptors (Lipinski definition) is 4.